The molecule has 1 heterocycles. The third-order valence-corrected chi connectivity index (χ3v) is 7.46. The highest BCUT2D eigenvalue weighted by Gasteiger charge is 2.30. The molecule has 30 heavy (non-hydrogen) atoms. The number of hydrogen-bond donors (Lipinski definition) is 1. The molecular weight excluding hydrogens is 400 g/mol. The van der Waals surface area contributed by atoms with Crippen molar-refractivity contribution < 1.29 is 17.9 Å². The summed E-state index contributed by atoms with van der Waals surface area (Å²) in [6.07, 6.45) is 1.53. The standard InChI is InChI=1S/C23H30N2O4S/c1-23(2,3)19-6-10-21(11-7-19)30(27,28)25-14-12-18(13-15-25)17-4-8-20(9-5-17)29-16-22(24)26/h4-11,18H,12-16H2,1-3H3,(H2,24,26). The van der Waals surface area contributed by atoms with Crippen LogP contribution in [-0.2, 0) is 20.2 Å². The van der Waals surface area contributed by atoms with Crippen LogP contribution in [-0.4, -0.2) is 38.3 Å². The van der Waals surface area contributed by atoms with Gasteiger partial charge in [-0.3, -0.25) is 4.79 Å². The van der Waals surface area contributed by atoms with E-state index in [1.54, 1.807) is 16.4 Å². The Bertz CT molecular complexity index is 969. The van der Waals surface area contributed by atoms with E-state index < -0.39 is 15.9 Å². The van der Waals surface area contributed by atoms with Crippen molar-refractivity contribution in [3.63, 3.8) is 0 Å². The topological polar surface area (TPSA) is 89.7 Å². The van der Waals surface area contributed by atoms with Crippen LogP contribution >= 0.6 is 0 Å². The van der Waals surface area contributed by atoms with E-state index >= 15 is 0 Å². The van der Waals surface area contributed by atoms with Crippen LogP contribution in [0.15, 0.2) is 53.4 Å². The molecule has 0 atom stereocenters. The number of rotatable bonds is 6. The second kappa shape index (κ2) is 8.78. The lowest BCUT2D eigenvalue weighted by atomic mass is 9.87. The highest BCUT2D eigenvalue weighted by molar-refractivity contribution is 7.89. The van der Waals surface area contributed by atoms with Crippen LogP contribution in [0, 0.1) is 0 Å². The number of carbonyl (C=O) groups excluding carboxylic acids is 1. The molecule has 3 rings (SSSR count). The van der Waals surface area contributed by atoms with E-state index in [1.807, 2.05) is 36.4 Å². The predicted octanol–water partition coefficient (Wildman–Crippen LogP) is 3.42. The fraction of sp³-hybridized carbons (Fsp3) is 0.435. The summed E-state index contributed by atoms with van der Waals surface area (Å²) < 4.78 is 32.9. The normalized spacial score (nSPS) is 16.4. The highest BCUT2D eigenvalue weighted by Crippen LogP contribution is 2.32. The van der Waals surface area contributed by atoms with Crippen molar-refractivity contribution in [3.8, 4) is 5.75 Å². The van der Waals surface area contributed by atoms with Crippen molar-refractivity contribution in [2.75, 3.05) is 19.7 Å². The average Bonchev–Trinajstić information content (AvgIpc) is 2.72. The van der Waals surface area contributed by atoms with Gasteiger partial charge in [0.25, 0.3) is 5.91 Å². The third kappa shape index (κ3) is 5.21. The molecule has 1 fully saturated rings. The number of nitrogens with two attached hydrogens (primary N) is 1. The van der Waals surface area contributed by atoms with Crippen LogP contribution in [0.4, 0.5) is 0 Å². The molecule has 7 heteroatoms. The molecular formula is C23H30N2O4S. The summed E-state index contributed by atoms with van der Waals surface area (Å²) in [5.74, 6) is 0.377. The van der Waals surface area contributed by atoms with Gasteiger partial charge in [0.05, 0.1) is 4.90 Å². The number of carbonyl (C=O) groups is 1. The Morgan fingerprint density at radius 3 is 2.10 bits per heavy atom. The monoisotopic (exact) mass is 430 g/mol. The van der Waals surface area contributed by atoms with Gasteiger partial charge in [-0.25, -0.2) is 8.42 Å². The maximum absolute atomic E-state index is 13.0. The van der Waals surface area contributed by atoms with E-state index in [0.29, 0.717) is 29.7 Å². The summed E-state index contributed by atoms with van der Waals surface area (Å²) in [6, 6.07) is 14.8. The second-order valence-electron chi connectivity index (χ2n) is 8.78. The maximum Gasteiger partial charge on any atom is 0.255 e. The molecule has 0 spiro atoms. The van der Waals surface area contributed by atoms with Crippen molar-refractivity contribution in [1.82, 2.24) is 4.31 Å². The molecule has 2 N–H and O–H groups in total. The van der Waals surface area contributed by atoms with E-state index in [0.717, 1.165) is 24.0 Å². The molecule has 0 aliphatic carbocycles. The predicted molar refractivity (Wildman–Crippen MR) is 117 cm³/mol. The number of ether oxygens (including phenoxy) is 1. The van der Waals surface area contributed by atoms with Crippen LogP contribution in [0.3, 0.4) is 0 Å². The summed E-state index contributed by atoms with van der Waals surface area (Å²) in [5.41, 5.74) is 7.33. The van der Waals surface area contributed by atoms with Gasteiger partial charge in [0.1, 0.15) is 5.75 Å². The molecule has 1 aliphatic rings. The number of piperidine rings is 1. The Morgan fingerprint density at radius 1 is 1.03 bits per heavy atom. The van der Waals surface area contributed by atoms with Gasteiger partial charge in [0, 0.05) is 13.1 Å². The quantitative estimate of drug-likeness (QED) is 0.760. The van der Waals surface area contributed by atoms with Crippen LogP contribution in [0.25, 0.3) is 0 Å². The second-order valence-corrected chi connectivity index (χ2v) is 10.7. The largest absolute Gasteiger partial charge is 0.484 e. The Labute approximate surface area is 179 Å². The Kier molecular flexibility index (Phi) is 6.53. The van der Waals surface area contributed by atoms with Crippen molar-refractivity contribution in [3.05, 3.63) is 59.7 Å². The fourth-order valence-electron chi connectivity index (χ4n) is 3.70. The van der Waals surface area contributed by atoms with Gasteiger partial charge in [-0.05, 0) is 59.6 Å². The minimum Gasteiger partial charge on any atom is -0.484 e. The molecule has 1 amide bonds. The number of benzene rings is 2. The molecule has 1 aliphatic heterocycles. The van der Waals surface area contributed by atoms with E-state index in [2.05, 4.69) is 20.8 Å². The molecule has 2 aromatic carbocycles. The SMILES string of the molecule is CC(C)(C)c1ccc(S(=O)(=O)N2CCC(c3ccc(OCC(N)=O)cc3)CC2)cc1. The zero-order valence-electron chi connectivity index (χ0n) is 17.8. The first-order chi connectivity index (χ1) is 14.1. The number of sulfonamides is 1. The smallest absolute Gasteiger partial charge is 0.255 e. The lowest BCUT2D eigenvalue weighted by molar-refractivity contribution is -0.119. The minimum absolute atomic E-state index is 0.0128. The van der Waals surface area contributed by atoms with Crippen molar-refractivity contribution in [1.29, 1.82) is 0 Å². The lowest BCUT2D eigenvalue weighted by Crippen LogP contribution is -2.37. The van der Waals surface area contributed by atoms with Crippen molar-refractivity contribution >= 4 is 15.9 Å². The summed E-state index contributed by atoms with van der Waals surface area (Å²) in [7, 11) is -3.48. The van der Waals surface area contributed by atoms with Gasteiger partial charge < -0.3 is 10.5 Å². The van der Waals surface area contributed by atoms with Gasteiger partial charge in [0.2, 0.25) is 10.0 Å². The van der Waals surface area contributed by atoms with Crippen LogP contribution < -0.4 is 10.5 Å². The number of primary amides is 1. The molecule has 0 radical (unpaired) electrons. The van der Waals surface area contributed by atoms with E-state index in [9.17, 15) is 13.2 Å². The Balaban J connectivity index is 1.62. The van der Waals surface area contributed by atoms with Gasteiger partial charge >= 0.3 is 0 Å². The molecule has 6 nitrogen and oxygen atoms in total. The van der Waals surface area contributed by atoms with Crippen molar-refractivity contribution in [2.24, 2.45) is 5.73 Å². The molecule has 0 saturated carbocycles. The minimum atomic E-state index is -3.48. The molecule has 1 saturated heterocycles. The van der Waals surface area contributed by atoms with Gasteiger partial charge in [0.15, 0.2) is 6.61 Å². The van der Waals surface area contributed by atoms with Gasteiger partial charge in [-0.2, -0.15) is 4.31 Å². The van der Waals surface area contributed by atoms with Crippen LogP contribution in [0.5, 0.6) is 5.75 Å². The number of hydrogen-bond acceptors (Lipinski definition) is 4. The summed E-state index contributed by atoms with van der Waals surface area (Å²) in [4.78, 5) is 11.2. The van der Waals surface area contributed by atoms with E-state index in [1.165, 1.54) is 0 Å². The molecule has 0 aromatic heterocycles. The van der Waals surface area contributed by atoms with Crippen LogP contribution in [0.2, 0.25) is 0 Å². The number of nitrogens with zero attached hydrogens (tertiary/aromatic N) is 1. The lowest BCUT2D eigenvalue weighted by Gasteiger charge is -2.31. The number of amides is 1. The summed E-state index contributed by atoms with van der Waals surface area (Å²) in [5, 5.41) is 0. The first kappa shape index (κ1) is 22.3. The molecule has 0 unspecified atom stereocenters. The Morgan fingerprint density at radius 2 is 1.60 bits per heavy atom. The average molecular weight is 431 g/mol. The summed E-state index contributed by atoms with van der Waals surface area (Å²) in [6.45, 7) is 7.17. The zero-order chi connectivity index (χ0) is 21.9. The zero-order valence-corrected chi connectivity index (χ0v) is 18.6. The maximum atomic E-state index is 13.0. The van der Waals surface area contributed by atoms with E-state index in [-0.39, 0.29) is 12.0 Å². The fourth-order valence-corrected chi connectivity index (χ4v) is 5.17. The molecule has 0 bridgehead atoms. The van der Waals surface area contributed by atoms with E-state index in [4.69, 9.17) is 10.5 Å². The third-order valence-electron chi connectivity index (χ3n) is 5.54. The van der Waals surface area contributed by atoms with Gasteiger partial charge in [-0.1, -0.05) is 45.0 Å². The van der Waals surface area contributed by atoms with Crippen LogP contribution in [0.1, 0.15) is 50.7 Å². The highest BCUT2D eigenvalue weighted by atomic mass is 32.2. The molecule has 2 aromatic rings. The first-order valence-corrected chi connectivity index (χ1v) is 11.6. The summed E-state index contributed by atoms with van der Waals surface area (Å²) >= 11 is 0. The Hall–Kier alpha value is -2.38. The van der Waals surface area contributed by atoms with Crippen molar-refractivity contribution in [2.45, 2.75) is 49.8 Å². The molecule has 162 valence electrons. The van der Waals surface area contributed by atoms with Gasteiger partial charge in [-0.15, -0.1) is 0 Å². The first-order valence-electron chi connectivity index (χ1n) is 10.2.